The average Bonchev–Trinajstić information content (AvgIpc) is 3.01. The summed E-state index contributed by atoms with van der Waals surface area (Å²) >= 11 is 0. The number of aliphatic hydroxyl groups excluding tert-OH is 1. The molecular formula is C19H36N4O2. The van der Waals surface area contributed by atoms with Crippen LogP contribution in [0.5, 0.6) is 0 Å². The minimum atomic E-state index is -0.158. The Morgan fingerprint density at radius 1 is 1.08 bits per heavy atom. The van der Waals surface area contributed by atoms with Crippen LogP contribution in [-0.2, 0) is 0 Å². The van der Waals surface area contributed by atoms with Crippen LogP contribution in [0.25, 0.3) is 0 Å². The Balaban J connectivity index is 1.40. The van der Waals surface area contributed by atoms with E-state index in [1.54, 1.807) is 0 Å². The number of aliphatic hydroxyl groups is 1. The summed E-state index contributed by atoms with van der Waals surface area (Å²) in [5.41, 5.74) is 0. The summed E-state index contributed by atoms with van der Waals surface area (Å²) in [5.74, 6) is 0. The molecule has 1 saturated carbocycles. The first kappa shape index (κ1) is 18.9. The van der Waals surface area contributed by atoms with Crippen LogP contribution in [0.1, 0.15) is 51.4 Å². The number of piperidine rings is 1. The van der Waals surface area contributed by atoms with Gasteiger partial charge in [-0.3, -0.25) is 4.90 Å². The van der Waals surface area contributed by atoms with Gasteiger partial charge in [-0.1, -0.05) is 12.8 Å². The summed E-state index contributed by atoms with van der Waals surface area (Å²) in [6.07, 6.45) is 8.72. The second-order valence-corrected chi connectivity index (χ2v) is 8.34. The third-order valence-electron chi connectivity index (χ3n) is 6.52. The fourth-order valence-electron chi connectivity index (χ4n) is 4.79. The molecule has 2 heterocycles. The number of carbonyl (C=O) groups excluding carboxylic acids is 1. The van der Waals surface area contributed by atoms with Gasteiger partial charge in [0.25, 0.3) is 0 Å². The third kappa shape index (κ3) is 4.86. The van der Waals surface area contributed by atoms with Crippen molar-refractivity contribution in [1.82, 2.24) is 20.0 Å². The van der Waals surface area contributed by atoms with E-state index in [0.29, 0.717) is 12.1 Å². The molecule has 3 rings (SSSR count). The van der Waals surface area contributed by atoms with Crippen LogP contribution < -0.4 is 5.32 Å². The van der Waals surface area contributed by atoms with Gasteiger partial charge in [0.15, 0.2) is 0 Å². The van der Waals surface area contributed by atoms with Crippen molar-refractivity contribution in [2.75, 3.05) is 40.3 Å². The molecule has 0 aromatic rings. The van der Waals surface area contributed by atoms with Gasteiger partial charge in [0.1, 0.15) is 0 Å². The van der Waals surface area contributed by atoms with Crippen molar-refractivity contribution in [1.29, 1.82) is 0 Å². The van der Waals surface area contributed by atoms with E-state index >= 15 is 0 Å². The number of hydrogen-bond donors (Lipinski definition) is 2. The summed E-state index contributed by atoms with van der Waals surface area (Å²) in [5, 5.41) is 13.5. The molecule has 144 valence electrons. The lowest BCUT2D eigenvalue weighted by atomic mass is 9.89. The topological polar surface area (TPSA) is 59.0 Å². The summed E-state index contributed by atoms with van der Waals surface area (Å²) in [6.45, 7) is 3.94. The van der Waals surface area contributed by atoms with Gasteiger partial charge in [-0.25, -0.2) is 4.79 Å². The van der Waals surface area contributed by atoms with E-state index in [1.807, 2.05) is 11.9 Å². The van der Waals surface area contributed by atoms with E-state index in [1.165, 1.54) is 19.3 Å². The molecule has 2 saturated heterocycles. The van der Waals surface area contributed by atoms with E-state index in [2.05, 4.69) is 22.2 Å². The molecular weight excluding hydrogens is 316 g/mol. The lowest BCUT2D eigenvalue weighted by molar-refractivity contribution is 0.00754. The molecule has 3 atom stereocenters. The van der Waals surface area contributed by atoms with Gasteiger partial charge in [-0.2, -0.15) is 0 Å². The van der Waals surface area contributed by atoms with Crippen molar-refractivity contribution >= 4 is 6.03 Å². The van der Waals surface area contributed by atoms with Gasteiger partial charge in [-0.15, -0.1) is 0 Å². The average molecular weight is 353 g/mol. The highest BCUT2D eigenvalue weighted by Crippen LogP contribution is 2.26. The summed E-state index contributed by atoms with van der Waals surface area (Å²) in [7, 11) is 4.06. The van der Waals surface area contributed by atoms with Crippen molar-refractivity contribution in [3.8, 4) is 0 Å². The number of carbonyl (C=O) groups is 1. The highest BCUT2D eigenvalue weighted by molar-refractivity contribution is 5.74. The van der Waals surface area contributed by atoms with Gasteiger partial charge >= 0.3 is 6.03 Å². The summed E-state index contributed by atoms with van der Waals surface area (Å²) in [6, 6.07) is 1.18. The zero-order chi connectivity index (χ0) is 17.8. The van der Waals surface area contributed by atoms with Crippen LogP contribution in [0.3, 0.4) is 0 Å². The number of nitrogens with one attached hydrogen (secondary N) is 1. The van der Waals surface area contributed by atoms with Crippen molar-refractivity contribution in [2.45, 2.75) is 75.6 Å². The lowest BCUT2D eigenvalue weighted by Crippen LogP contribution is -2.54. The molecule has 3 unspecified atom stereocenters. The van der Waals surface area contributed by atoms with Crippen molar-refractivity contribution < 1.29 is 9.90 Å². The monoisotopic (exact) mass is 352 g/mol. The van der Waals surface area contributed by atoms with Crippen LogP contribution in [0.15, 0.2) is 0 Å². The van der Waals surface area contributed by atoms with Crippen LogP contribution in [0.4, 0.5) is 4.79 Å². The molecule has 25 heavy (non-hydrogen) atoms. The maximum atomic E-state index is 12.5. The summed E-state index contributed by atoms with van der Waals surface area (Å²) < 4.78 is 0. The van der Waals surface area contributed by atoms with Gasteiger partial charge in [0.2, 0.25) is 0 Å². The molecule has 0 bridgehead atoms. The van der Waals surface area contributed by atoms with E-state index in [4.69, 9.17) is 0 Å². The molecule has 6 heteroatoms. The molecule has 0 radical (unpaired) electrons. The normalized spacial score (nSPS) is 32.7. The Bertz CT molecular complexity index is 439. The third-order valence-corrected chi connectivity index (χ3v) is 6.52. The number of amides is 2. The van der Waals surface area contributed by atoms with Crippen molar-refractivity contribution in [2.24, 2.45) is 0 Å². The first-order valence-corrected chi connectivity index (χ1v) is 10.2. The van der Waals surface area contributed by atoms with Gasteiger partial charge in [0.05, 0.1) is 6.10 Å². The van der Waals surface area contributed by atoms with E-state index in [0.717, 1.165) is 58.3 Å². The zero-order valence-corrected chi connectivity index (χ0v) is 16.0. The van der Waals surface area contributed by atoms with Crippen LogP contribution in [0.2, 0.25) is 0 Å². The highest BCUT2D eigenvalue weighted by Gasteiger charge is 2.32. The second kappa shape index (κ2) is 8.69. The van der Waals surface area contributed by atoms with Crippen LogP contribution in [-0.4, -0.2) is 90.3 Å². The molecule has 3 fully saturated rings. The van der Waals surface area contributed by atoms with E-state index in [-0.39, 0.29) is 18.2 Å². The molecule has 2 N–H and O–H groups in total. The fraction of sp³-hybridized carbons (Fsp3) is 0.947. The standard InChI is InChI=1S/C19H36N4O2/c1-21-11-5-6-16(21)14-22(2)19(25)20-15-9-12-23(13-10-15)17-7-3-4-8-18(17)24/h15-18,24H,3-14H2,1-2H3,(H,20,25). The molecule has 3 aliphatic rings. The molecule has 2 amide bonds. The molecule has 0 spiro atoms. The molecule has 0 aromatic heterocycles. The van der Waals surface area contributed by atoms with Gasteiger partial charge in [0, 0.05) is 44.8 Å². The highest BCUT2D eigenvalue weighted by atomic mass is 16.3. The lowest BCUT2D eigenvalue weighted by Gasteiger charge is -2.41. The Kier molecular flexibility index (Phi) is 6.58. The van der Waals surface area contributed by atoms with Crippen LogP contribution >= 0.6 is 0 Å². The number of urea groups is 1. The van der Waals surface area contributed by atoms with Crippen LogP contribution in [0, 0.1) is 0 Å². The minimum absolute atomic E-state index is 0.0662. The van der Waals surface area contributed by atoms with Crippen molar-refractivity contribution in [3.05, 3.63) is 0 Å². The SMILES string of the molecule is CN(CC1CCCN1C)C(=O)NC1CCN(C2CCCCC2O)CC1. The molecule has 1 aliphatic carbocycles. The first-order valence-electron chi connectivity index (χ1n) is 10.2. The summed E-state index contributed by atoms with van der Waals surface area (Å²) in [4.78, 5) is 19.1. The van der Waals surface area contributed by atoms with E-state index < -0.39 is 0 Å². The maximum Gasteiger partial charge on any atom is 0.317 e. The number of likely N-dealkylation sites (tertiary alicyclic amines) is 2. The Morgan fingerprint density at radius 2 is 1.80 bits per heavy atom. The number of hydrogen-bond acceptors (Lipinski definition) is 4. The molecule has 0 aromatic carbocycles. The quantitative estimate of drug-likeness (QED) is 0.805. The smallest absolute Gasteiger partial charge is 0.317 e. The Labute approximate surface area is 152 Å². The minimum Gasteiger partial charge on any atom is -0.391 e. The number of nitrogens with zero attached hydrogens (tertiary/aromatic N) is 3. The zero-order valence-electron chi connectivity index (χ0n) is 16.0. The Morgan fingerprint density at radius 3 is 2.44 bits per heavy atom. The fourth-order valence-corrected chi connectivity index (χ4v) is 4.79. The first-order chi connectivity index (χ1) is 12.0. The Hall–Kier alpha value is -0.850. The molecule has 6 nitrogen and oxygen atoms in total. The number of rotatable bonds is 4. The maximum absolute atomic E-state index is 12.5. The second-order valence-electron chi connectivity index (χ2n) is 8.34. The molecule has 2 aliphatic heterocycles. The van der Waals surface area contributed by atoms with Gasteiger partial charge < -0.3 is 20.2 Å². The number of likely N-dealkylation sites (N-methyl/N-ethyl adjacent to an activating group) is 2. The van der Waals surface area contributed by atoms with Crippen molar-refractivity contribution in [3.63, 3.8) is 0 Å². The predicted molar refractivity (Wildman–Crippen MR) is 99.7 cm³/mol. The van der Waals surface area contributed by atoms with E-state index in [9.17, 15) is 9.90 Å². The largest absolute Gasteiger partial charge is 0.391 e. The predicted octanol–water partition coefficient (Wildman–Crippen LogP) is 1.49. The van der Waals surface area contributed by atoms with Gasteiger partial charge in [-0.05, 0) is 52.1 Å².